The van der Waals surface area contributed by atoms with E-state index in [2.05, 4.69) is 10.3 Å². The first-order chi connectivity index (χ1) is 16.0. The Morgan fingerprint density at radius 3 is 2.39 bits per heavy atom. The predicted octanol–water partition coefficient (Wildman–Crippen LogP) is 3.79. The maximum absolute atomic E-state index is 13.3. The molecule has 0 saturated carbocycles. The van der Waals surface area contributed by atoms with Gasteiger partial charge in [-0.15, -0.1) is 0 Å². The largest absolute Gasteiger partial charge is 0.505 e. The summed E-state index contributed by atoms with van der Waals surface area (Å²) in [5.41, 5.74) is 2.41. The van der Waals surface area contributed by atoms with Gasteiger partial charge in [0.25, 0.3) is 0 Å². The molecule has 3 aromatic carbocycles. The zero-order chi connectivity index (χ0) is 22.9. The second-order valence-corrected chi connectivity index (χ2v) is 8.06. The molecular weight excluding hydrogens is 418 g/mol. The number of hydrogen-bond acceptors (Lipinski definition) is 5. The van der Waals surface area contributed by atoms with Crippen molar-refractivity contribution in [2.45, 2.75) is 25.3 Å². The first-order valence-electron chi connectivity index (χ1n) is 10.7. The van der Waals surface area contributed by atoms with E-state index in [4.69, 9.17) is 0 Å². The van der Waals surface area contributed by atoms with Crippen molar-refractivity contribution in [1.82, 2.24) is 9.88 Å². The van der Waals surface area contributed by atoms with Gasteiger partial charge in [0.2, 0.25) is 17.7 Å². The summed E-state index contributed by atoms with van der Waals surface area (Å²) < 4.78 is 0. The smallest absolute Gasteiger partial charge is 0.248 e. The second kappa shape index (κ2) is 8.35. The number of phenols is 1. The normalized spacial score (nSPS) is 14.7. The molecule has 5 rings (SSSR count). The summed E-state index contributed by atoms with van der Waals surface area (Å²) >= 11 is 0. The Kier molecular flexibility index (Phi) is 5.22. The first kappa shape index (κ1) is 20.6. The van der Waals surface area contributed by atoms with E-state index >= 15 is 0 Å². The highest BCUT2D eigenvalue weighted by Gasteiger charge is 2.39. The summed E-state index contributed by atoms with van der Waals surface area (Å²) in [7, 11) is 0. The molecule has 7 heteroatoms. The van der Waals surface area contributed by atoms with Crippen LogP contribution < -0.4 is 5.32 Å². The maximum Gasteiger partial charge on any atom is 0.248 e. The van der Waals surface area contributed by atoms with Gasteiger partial charge >= 0.3 is 0 Å². The van der Waals surface area contributed by atoms with Crippen LogP contribution in [0.1, 0.15) is 18.4 Å². The van der Waals surface area contributed by atoms with Crippen LogP contribution in [-0.2, 0) is 20.8 Å². The molecule has 1 saturated heterocycles. The number of carbonyl (C=O) groups excluding carboxylic acids is 3. The van der Waals surface area contributed by atoms with Crippen LogP contribution >= 0.6 is 0 Å². The number of nitrogens with one attached hydrogen (secondary N) is 1. The molecule has 0 spiro atoms. The van der Waals surface area contributed by atoms with Crippen molar-refractivity contribution in [2.24, 2.45) is 0 Å². The Morgan fingerprint density at radius 1 is 0.939 bits per heavy atom. The Hall–Kier alpha value is -4.26. The van der Waals surface area contributed by atoms with Crippen molar-refractivity contribution < 1.29 is 19.5 Å². The number of anilines is 1. The third-order valence-electron chi connectivity index (χ3n) is 5.91. The van der Waals surface area contributed by atoms with Crippen LogP contribution in [-0.4, -0.2) is 38.8 Å². The average Bonchev–Trinajstić information content (AvgIpc) is 3.16. The molecular formula is C26H21N3O4. The van der Waals surface area contributed by atoms with Gasteiger partial charge in [-0.1, -0.05) is 48.5 Å². The lowest BCUT2D eigenvalue weighted by Gasteiger charge is -2.25. The van der Waals surface area contributed by atoms with E-state index in [-0.39, 0.29) is 42.5 Å². The molecule has 33 heavy (non-hydrogen) atoms. The molecule has 164 valence electrons. The van der Waals surface area contributed by atoms with Crippen LogP contribution in [0.15, 0.2) is 72.8 Å². The molecule has 1 aromatic heterocycles. The number of aromatic hydroxyl groups is 1. The molecule has 1 aliphatic rings. The summed E-state index contributed by atoms with van der Waals surface area (Å²) in [6.45, 7) is 0. The van der Waals surface area contributed by atoms with Crippen molar-refractivity contribution in [3.05, 3.63) is 78.4 Å². The minimum Gasteiger partial charge on any atom is -0.505 e. The van der Waals surface area contributed by atoms with Crippen LogP contribution in [0.5, 0.6) is 5.75 Å². The fourth-order valence-electron chi connectivity index (χ4n) is 4.23. The van der Waals surface area contributed by atoms with Crippen molar-refractivity contribution in [3.63, 3.8) is 0 Å². The summed E-state index contributed by atoms with van der Waals surface area (Å²) in [6.07, 6.45) is 0.374. The highest BCUT2D eigenvalue weighted by atomic mass is 16.3. The lowest BCUT2D eigenvalue weighted by molar-refractivity contribution is -0.145. The van der Waals surface area contributed by atoms with Gasteiger partial charge in [-0.2, -0.15) is 0 Å². The molecule has 1 aliphatic heterocycles. The van der Waals surface area contributed by atoms with Crippen molar-refractivity contribution >= 4 is 45.2 Å². The third kappa shape index (κ3) is 3.89. The summed E-state index contributed by atoms with van der Waals surface area (Å²) in [6, 6.07) is 20.9. The fourth-order valence-corrected chi connectivity index (χ4v) is 4.23. The van der Waals surface area contributed by atoms with Crippen LogP contribution in [0.2, 0.25) is 0 Å². The molecule has 2 heterocycles. The summed E-state index contributed by atoms with van der Waals surface area (Å²) in [5.74, 6) is -1.38. The van der Waals surface area contributed by atoms with Crippen molar-refractivity contribution in [2.75, 3.05) is 5.32 Å². The molecule has 0 unspecified atom stereocenters. The van der Waals surface area contributed by atoms with Crippen molar-refractivity contribution in [1.29, 1.82) is 0 Å². The Balaban J connectivity index is 1.49. The van der Waals surface area contributed by atoms with Crippen LogP contribution in [0.3, 0.4) is 0 Å². The van der Waals surface area contributed by atoms with E-state index in [9.17, 15) is 19.5 Å². The minimum absolute atomic E-state index is 0.0946. The fraction of sp³-hybridized carbons (Fsp3) is 0.154. The lowest BCUT2D eigenvalue weighted by atomic mass is 10.0. The van der Waals surface area contributed by atoms with Crippen LogP contribution in [0.25, 0.3) is 21.8 Å². The number of carbonyl (C=O) groups is 3. The number of likely N-dealkylation sites (tertiary alicyclic amines) is 1. The number of para-hydroxylation sites is 1. The summed E-state index contributed by atoms with van der Waals surface area (Å²) in [5, 5.41) is 15.0. The lowest BCUT2D eigenvalue weighted by Crippen LogP contribution is -2.48. The number of amides is 3. The quantitative estimate of drug-likeness (QED) is 0.280. The molecule has 4 aromatic rings. The van der Waals surface area contributed by atoms with E-state index < -0.39 is 11.9 Å². The number of imide groups is 1. The topological polar surface area (TPSA) is 99.6 Å². The minimum atomic E-state index is -1.01. The number of phenolic OH excluding ortho intramolecular Hbond substituents is 1. The van der Waals surface area contributed by atoms with Gasteiger partial charge in [-0.3, -0.25) is 19.3 Å². The third-order valence-corrected chi connectivity index (χ3v) is 5.91. The van der Waals surface area contributed by atoms with Gasteiger partial charge in [0.05, 0.1) is 16.7 Å². The number of benzene rings is 3. The monoisotopic (exact) mass is 439 g/mol. The number of hydrogen-bond donors (Lipinski definition) is 2. The van der Waals surface area contributed by atoms with Gasteiger partial charge in [-0.05, 0) is 29.8 Å². The number of pyridine rings is 1. The van der Waals surface area contributed by atoms with Crippen molar-refractivity contribution in [3.8, 4) is 5.75 Å². The van der Waals surface area contributed by atoms with E-state index in [0.717, 1.165) is 21.4 Å². The summed E-state index contributed by atoms with van der Waals surface area (Å²) in [4.78, 5) is 43.7. The highest BCUT2D eigenvalue weighted by molar-refractivity contribution is 6.09. The van der Waals surface area contributed by atoms with Gasteiger partial charge in [0, 0.05) is 30.0 Å². The zero-order valence-electron chi connectivity index (χ0n) is 17.7. The van der Waals surface area contributed by atoms with E-state index in [1.54, 1.807) is 12.1 Å². The number of rotatable bonds is 5. The highest BCUT2D eigenvalue weighted by Crippen LogP contribution is 2.34. The van der Waals surface area contributed by atoms with Gasteiger partial charge in [-0.25, -0.2) is 4.98 Å². The Bertz CT molecular complexity index is 1390. The molecule has 7 nitrogen and oxygen atoms in total. The van der Waals surface area contributed by atoms with E-state index in [1.165, 1.54) is 0 Å². The molecule has 0 bridgehead atoms. The first-order valence-corrected chi connectivity index (χ1v) is 10.7. The number of aromatic nitrogens is 1. The second-order valence-electron chi connectivity index (χ2n) is 8.06. The van der Waals surface area contributed by atoms with E-state index in [1.807, 2.05) is 60.7 Å². The van der Waals surface area contributed by atoms with Gasteiger partial charge in [0.1, 0.15) is 11.8 Å². The molecule has 0 aliphatic carbocycles. The van der Waals surface area contributed by atoms with Crippen LogP contribution in [0, 0.1) is 0 Å². The Morgan fingerprint density at radius 2 is 1.64 bits per heavy atom. The van der Waals surface area contributed by atoms with Gasteiger partial charge < -0.3 is 10.4 Å². The van der Waals surface area contributed by atoms with Gasteiger partial charge in [0.15, 0.2) is 0 Å². The van der Waals surface area contributed by atoms with E-state index in [0.29, 0.717) is 10.9 Å². The molecule has 0 radical (unpaired) electrons. The molecule has 2 N–H and O–H groups in total. The SMILES string of the molecule is O=C(Nc1ccc2nc3ccccc3cc2c1O)[C@H](Cc1ccccc1)N1C(=O)CCC1=O. The molecule has 1 fully saturated rings. The maximum atomic E-state index is 13.3. The number of nitrogens with zero attached hydrogens (tertiary/aromatic N) is 2. The predicted molar refractivity (Wildman–Crippen MR) is 125 cm³/mol. The Labute approximate surface area is 189 Å². The van der Waals surface area contributed by atoms with Crippen LogP contribution in [0.4, 0.5) is 5.69 Å². The molecule has 3 amide bonds. The molecule has 1 atom stereocenters. The standard InChI is InChI=1S/C26H21N3O4/c30-23-12-13-24(31)29(23)22(14-16-6-2-1-3-7-16)26(33)28-21-11-10-20-18(25(21)32)15-17-8-4-5-9-19(17)27-20/h1-11,15,22,32H,12-14H2,(H,28,33)/t22-/m0/s1. The average molecular weight is 439 g/mol. The number of fused-ring (bicyclic) bond motifs is 2. The zero-order valence-corrected chi connectivity index (χ0v) is 17.7.